The summed E-state index contributed by atoms with van der Waals surface area (Å²) in [6, 6.07) is 19.1. The van der Waals surface area contributed by atoms with Crippen molar-refractivity contribution >= 4 is 27.0 Å². The van der Waals surface area contributed by atoms with Crippen LogP contribution in [0.2, 0.25) is 0 Å². The van der Waals surface area contributed by atoms with E-state index in [1.165, 1.54) is 12.1 Å². The van der Waals surface area contributed by atoms with Gasteiger partial charge in [0.2, 0.25) is 0 Å². The summed E-state index contributed by atoms with van der Waals surface area (Å²) >= 11 is 0. The highest BCUT2D eigenvalue weighted by molar-refractivity contribution is 7.90. The van der Waals surface area contributed by atoms with Crippen molar-refractivity contribution in [1.82, 2.24) is 4.90 Å². The highest BCUT2D eigenvalue weighted by Gasteiger charge is 2.41. The van der Waals surface area contributed by atoms with Crippen molar-refractivity contribution in [1.29, 1.82) is 0 Å². The van der Waals surface area contributed by atoms with Gasteiger partial charge in [-0.1, -0.05) is 24.3 Å². The molecule has 0 spiro atoms. The van der Waals surface area contributed by atoms with Gasteiger partial charge in [0, 0.05) is 55.8 Å². The van der Waals surface area contributed by atoms with Gasteiger partial charge < -0.3 is 15.0 Å². The number of hydrogen-bond acceptors (Lipinski definition) is 7. The number of ether oxygens (including phenoxy) is 1. The summed E-state index contributed by atoms with van der Waals surface area (Å²) < 4.78 is 44.2. The first-order valence-electron chi connectivity index (χ1n) is 12.8. The van der Waals surface area contributed by atoms with Gasteiger partial charge in [-0.3, -0.25) is 9.69 Å². The maximum Gasteiger partial charge on any atom is 0.193 e. The van der Waals surface area contributed by atoms with Gasteiger partial charge in [0.25, 0.3) is 0 Å². The van der Waals surface area contributed by atoms with E-state index in [0.717, 1.165) is 30.1 Å². The van der Waals surface area contributed by atoms with Crippen molar-refractivity contribution in [3.63, 3.8) is 0 Å². The Morgan fingerprint density at radius 2 is 1.74 bits per heavy atom. The van der Waals surface area contributed by atoms with Gasteiger partial charge in [-0.05, 0) is 55.0 Å². The van der Waals surface area contributed by atoms with Crippen LogP contribution in [0.3, 0.4) is 0 Å². The van der Waals surface area contributed by atoms with Gasteiger partial charge in [0.15, 0.2) is 15.6 Å². The summed E-state index contributed by atoms with van der Waals surface area (Å²) in [4.78, 5) is 17.9. The summed E-state index contributed by atoms with van der Waals surface area (Å²) in [7, 11) is -3.59. The molecule has 200 valence electrons. The lowest BCUT2D eigenvalue weighted by atomic mass is 9.91. The molecule has 2 aliphatic heterocycles. The van der Waals surface area contributed by atoms with E-state index in [2.05, 4.69) is 10.2 Å². The van der Waals surface area contributed by atoms with Gasteiger partial charge in [0.05, 0.1) is 23.2 Å². The van der Waals surface area contributed by atoms with Crippen molar-refractivity contribution in [3.8, 4) is 0 Å². The lowest BCUT2D eigenvalue weighted by molar-refractivity contribution is 0.103. The zero-order chi connectivity index (χ0) is 26.9. The van der Waals surface area contributed by atoms with Crippen LogP contribution >= 0.6 is 0 Å². The number of ketones is 1. The zero-order valence-corrected chi connectivity index (χ0v) is 22.4. The maximum absolute atomic E-state index is 13.8. The number of epoxide rings is 1. The van der Waals surface area contributed by atoms with E-state index in [4.69, 9.17) is 4.74 Å². The molecule has 38 heavy (non-hydrogen) atoms. The highest BCUT2D eigenvalue weighted by atomic mass is 32.2. The minimum absolute atomic E-state index is 0.00382. The minimum Gasteiger partial charge on any atom is -0.385 e. The maximum atomic E-state index is 13.8. The molecule has 3 aromatic rings. The molecule has 2 fully saturated rings. The van der Waals surface area contributed by atoms with Gasteiger partial charge in [-0.15, -0.1) is 0 Å². The Morgan fingerprint density at radius 1 is 1.05 bits per heavy atom. The molecule has 0 aromatic heterocycles. The van der Waals surface area contributed by atoms with Crippen LogP contribution in [0.15, 0.2) is 71.6 Å². The number of nitrogens with one attached hydrogen (secondary N) is 1. The molecule has 0 bridgehead atoms. The lowest BCUT2D eigenvalue weighted by Gasteiger charge is -2.40. The van der Waals surface area contributed by atoms with E-state index in [1.807, 2.05) is 60.4 Å². The summed E-state index contributed by atoms with van der Waals surface area (Å²) in [5.41, 5.74) is 3.71. The first-order valence-corrected chi connectivity index (χ1v) is 14.7. The van der Waals surface area contributed by atoms with Crippen LogP contribution < -0.4 is 10.2 Å². The van der Waals surface area contributed by atoms with E-state index >= 15 is 0 Å². The molecule has 0 saturated carbocycles. The van der Waals surface area contributed by atoms with Crippen molar-refractivity contribution in [2.75, 3.05) is 55.8 Å². The van der Waals surface area contributed by atoms with Crippen LogP contribution in [0.1, 0.15) is 34.5 Å². The fraction of sp³-hybridized carbons (Fsp3) is 0.345. The standard InChI is InChI=1S/C29H32FN3O4S/c1-3-31-22-11-8-20(9-12-22)29(34)24-7-5-4-6-23(24)28(26-19-37-26)33-16-14-32(15-17-33)25-13-10-21(30)18-27(25)38(2,35)36/h4-13,18,26,28,31H,3,14-17,19H2,1-2H3. The fourth-order valence-electron chi connectivity index (χ4n) is 5.22. The molecule has 0 amide bonds. The Hall–Kier alpha value is -3.27. The number of anilines is 2. The molecule has 2 saturated heterocycles. The number of piperazine rings is 1. The number of hydrogen-bond donors (Lipinski definition) is 1. The second-order valence-electron chi connectivity index (χ2n) is 9.75. The Balaban J connectivity index is 1.38. The molecule has 2 unspecified atom stereocenters. The number of nitrogens with zero attached hydrogens (tertiary/aromatic N) is 2. The molecular formula is C29H32FN3O4S. The second-order valence-corrected chi connectivity index (χ2v) is 11.7. The average molecular weight is 538 g/mol. The van der Waals surface area contributed by atoms with E-state index in [-0.39, 0.29) is 22.8 Å². The number of benzene rings is 3. The van der Waals surface area contributed by atoms with E-state index < -0.39 is 15.7 Å². The molecule has 0 radical (unpaired) electrons. The molecule has 9 heteroatoms. The molecular weight excluding hydrogens is 505 g/mol. The number of carbonyl (C=O) groups is 1. The lowest BCUT2D eigenvalue weighted by Crippen LogP contribution is -2.49. The smallest absolute Gasteiger partial charge is 0.193 e. The predicted molar refractivity (Wildman–Crippen MR) is 146 cm³/mol. The van der Waals surface area contributed by atoms with E-state index in [9.17, 15) is 17.6 Å². The van der Waals surface area contributed by atoms with Crippen LogP contribution in [-0.4, -0.2) is 70.8 Å². The molecule has 2 aliphatic rings. The predicted octanol–water partition coefficient (Wildman–Crippen LogP) is 4.15. The number of rotatable bonds is 9. The quantitative estimate of drug-likeness (QED) is 0.324. The summed E-state index contributed by atoms with van der Waals surface area (Å²) in [6.45, 7) is 5.89. The third kappa shape index (κ3) is 5.60. The normalized spacial score (nSPS) is 18.7. The molecule has 0 aliphatic carbocycles. The second kappa shape index (κ2) is 10.8. The number of sulfone groups is 1. The van der Waals surface area contributed by atoms with E-state index in [0.29, 0.717) is 49.6 Å². The summed E-state index contributed by atoms with van der Waals surface area (Å²) in [5, 5.41) is 3.25. The SMILES string of the molecule is CCNc1ccc(C(=O)c2ccccc2C(C2CO2)N2CCN(c3ccc(F)cc3S(C)(=O)=O)CC2)cc1. The molecule has 2 atom stereocenters. The zero-order valence-electron chi connectivity index (χ0n) is 21.6. The van der Waals surface area contributed by atoms with Gasteiger partial charge in [-0.25, -0.2) is 12.8 Å². The summed E-state index contributed by atoms with van der Waals surface area (Å²) in [6.07, 6.45) is 1.09. The number of halogens is 1. The first kappa shape index (κ1) is 26.3. The van der Waals surface area contributed by atoms with Gasteiger partial charge in [-0.2, -0.15) is 0 Å². The van der Waals surface area contributed by atoms with Gasteiger partial charge in [0.1, 0.15) is 11.9 Å². The van der Waals surface area contributed by atoms with Crippen molar-refractivity contribution in [2.45, 2.75) is 24.0 Å². The van der Waals surface area contributed by atoms with Crippen molar-refractivity contribution < 1.29 is 22.3 Å². The van der Waals surface area contributed by atoms with Crippen LogP contribution in [0.25, 0.3) is 0 Å². The Kier molecular flexibility index (Phi) is 7.52. The molecule has 2 heterocycles. The third-order valence-corrected chi connectivity index (χ3v) is 8.26. The van der Waals surface area contributed by atoms with E-state index in [1.54, 1.807) is 0 Å². The van der Waals surface area contributed by atoms with Crippen LogP contribution in [0.4, 0.5) is 15.8 Å². The highest BCUT2D eigenvalue weighted by Crippen LogP contribution is 2.37. The molecule has 1 N–H and O–H groups in total. The Morgan fingerprint density at radius 3 is 2.37 bits per heavy atom. The van der Waals surface area contributed by atoms with Crippen molar-refractivity contribution in [3.05, 3.63) is 89.2 Å². The minimum atomic E-state index is -3.59. The fourth-order valence-corrected chi connectivity index (χ4v) is 6.12. The summed E-state index contributed by atoms with van der Waals surface area (Å²) in [5.74, 6) is -0.603. The third-order valence-electron chi connectivity index (χ3n) is 7.13. The van der Waals surface area contributed by atoms with Crippen LogP contribution in [0, 0.1) is 5.82 Å². The van der Waals surface area contributed by atoms with Crippen LogP contribution in [-0.2, 0) is 14.6 Å². The topological polar surface area (TPSA) is 82.2 Å². The van der Waals surface area contributed by atoms with Gasteiger partial charge >= 0.3 is 0 Å². The number of carbonyl (C=O) groups excluding carboxylic acids is 1. The Labute approximate surface area is 223 Å². The van der Waals surface area contributed by atoms with Crippen molar-refractivity contribution in [2.24, 2.45) is 0 Å². The van der Waals surface area contributed by atoms with Crippen LogP contribution in [0.5, 0.6) is 0 Å². The first-order chi connectivity index (χ1) is 18.3. The largest absolute Gasteiger partial charge is 0.385 e. The molecule has 7 nitrogen and oxygen atoms in total. The average Bonchev–Trinajstić information content (AvgIpc) is 3.75. The molecule has 5 rings (SSSR count). The molecule has 3 aromatic carbocycles. The Bertz CT molecular complexity index is 1420. The monoisotopic (exact) mass is 537 g/mol.